The third-order valence-corrected chi connectivity index (χ3v) is 5.04. The Morgan fingerprint density at radius 1 is 1.36 bits per heavy atom. The number of amides is 1. The number of aliphatic hydroxyl groups is 1. The standard InChI is InChI=1S/C15H21N3O3S/c19-13-10-18(9-12(13)17-5-7-21-8-6-17)15(20)11-22-14-3-1-2-4-16-14/h1-4,12-13,19H,5-11H2/t12-,13-/m0/s1. The summed E-state index contributed by atoms with van der Waals surface area (Å²) in [4.78, 5) is 20.5. The number of pyridine rings is 1. The summed E-state index contributed by atoms with van der Waals surface area (Å²) in [5.41, 5.74) is 0. The summed E-state index contributed by atoms with van der Waals surface area (Å²) in [7, 11) is 0. The van der Waals surface area contributed by atoms with Crippen molar-refractivity contribution in [1.29, 1.82) is 0 Å². The summed E-state index contributed by atoms with van der Waals surface area (Å²) in [5, 5.41) is 11.1. The molecule has 3 heterocycles. The summed E-state index contributed by atoms with van der Waals surface area (Å²) < 4.78 is 5.34. The molecule has 6 nitrogen and oxygen atoms in total. The topological polar surface area (TPSA) is 65.9 Å². The van der Waals surface area contributed by atoms with Gasteiger partial charge in [0.05, 0.1) is 36.1 Å². The van der Waals surface area contributed by atoms with Crippen LogP contribution in [0.25, 0.3) is 0 Å². The number of aromatic nitrogens is 1. The van der Waals surface area contributed by atoms with Gasteiger partial charge in [0.2, 0.25) is 5.91 Å². The number of morpholine rings is 1. The lowest BCUT2D eigenvalue weighted by Crippen LogP contribution is -2.49. The van der Waals surface area contributed by atoms with E-state index >= 15 is 0 Å². The molecule has 0 radical (unpaired) electrons. The first kappa shape index (κ1) is 15.7. The van der Waals surface area contributed by atoms with Crippen molar-refractivity contribution < 1.29 is 14.6 Å². The Morgan fingerprint density at radius 3 is 2.91 bits per heavy atom. The number of aliphatic hydroxyl groups excluding tert-OH is 1. The van der Waals surface area contributed by atoms with Crippen LogP contribution in [-0.4, -0.2) is 83.1 Å². The van der Waals surface area contributed by atoms with Gasteiger partial charge >= 0.3 is 0 Å². The number of likely N-dealkylation sites (tertiary alicyclic amines) is 1. The molecule has 0 unspecified atom stereocenters. The Kier molecular flexibility index (Phi) is 5.30. The number of hydrogen-bond donors (Lipinski definition) is 1. The van der Waals surface area contributed by atoms with Gasteiger partial charge in [0, 0.05) is 32.4 Å². The number of hydrogen-bond acceptors (Lipinski definition) is 6. The van der Waals surface area contributed by atoms with E-state index in [0.717, 1.165) is 18.1 Å². The molecule has 120 valence electrons. The second-order valence-electron chi connectivity index (χ2n) is 5.54. The smallest absolute Gasteiger partial charge is 0.233 e. The summed E-state index contributed by atoms with van der Waals surface area (Å²) in [5.74, 6) is 0.421. The maximum atomic E-state index is 12.3. The van der Waals surface area contributed by atoms with E-state index in [1.165, 1.54) is 11.8 Å². The fourth-order valence-electron chi connectivity index (χ4n) is 2.90. The predicted molar refractivity (Wildman–Crippen MR) is 83.7 cm³/mol. The molecule has 1 aromatic rings. The van der Waals surface area contributed by atoms with Crippen LogP contribution in [0.2, 0.25) is 0 Å². The van der Waals surface area contributed by atoms with E-state index in [1.807, 2.05) is 18.2 Å². The fourth-order valence-corrected chi connectivity index (χ4v) is 3.66. The Morgan fingerprint density at radius 2 is 2.18 bits per heavy atom. The number of ether oxygens (including phenoxy) is 1. The van der Waals surface area contributed by atoms with E-state index < -0.39 is 6.10 Å². The second-order valence-corrected chi connectivity index (χ2v) is 6.53. The van der Waals surface area contributed by atoms with Crippen molar-refractivity contribution in [1.82, 2.24) is 14.8 Å². The first-order chi connectivity index (χ1) is 10.7. The molecule has 0 spiro atoms. The molecule has 0 bridgehead atoms. The molecule has 2 atom stereocenters. The van der Waals surface area contributed by atoms with Gasteiger partial charge in [0.1, 0.15) is 0 Å². The highest BCUT2D eigenvalue weighted by atomic mass is 32.2. The van der Waals surface area contributed by atoms with Crippen molar-refractivity contribution in [3.8, 4) is 0 Å². The largest absolute Gasteiger partial charge is 0.390 e. The van der Waals surface area contributed by atoms with E-state index in [9.17, 15) is 9.90 Å². The fraction of sp³-hybridized carbons (Fsp3) is 0.600. The zero-order valence-corrected chi connectivity index (χ0v) is 13.2. The summed E-state index contributed by atoms with van der Waals surface area (Å²) in [6.45, 7) is 4.07. The van der Waals surface area contributed by atoms with Crippen molar-refractivity contribution in [2.45, 2.75) is 17.2 Å². The molecule has 2 aliphatic rings. The summed E-state index contributed by atoms with van der Waals surface area (Å²) in [6, 6.07) is 5.70. The highest BCUT2D eigenvalue weighted by Crippen LogP contribution is 2.20. The lowest BCUT2D eigenvalue weighted by Gasteiger charge is -2.33. The van der Waals surface area contributed by atoms with Gasteiger partial charge in [-0.15, -0.1) is 0 Å². The summed E-state index contributed by atoms with van der Waals surface area (Å²) in [6.07, 6.45) is 1.25. The lowest BCUT2D eigenvalue weighted by molar-refractivity contribution is -0.127. The Hall–Kier alpha value is -1.15. The molecule has 2 fully saturated rings. The molecule has 0 saturated carbocycles. The maximum absolute atomic E-state index is 12.3. The van der Waals surface area contributed by atoms with E-state index in [4.69, 9.17) is 4.74 Å². The number of β-amino-alcohol motifs (C(OH)–C–C–N with tert-alkyl or cyclic N) is 1. The lowest BCUT2D eigenvalue weighted by atomic mass is 10.2. The molecule has 1 amide bonds. The number of thioether (sulfide) groups is 1. The summed E-state index contributed by atoms with van der Waals surface area (Å²) >= 11 is 1.44. The molecule has 1 N–H and O–H groups in total. The monoisotopic (exact) mass is 323 g/mol. The first-order valence-corrected chi connectivity index (χ1v) is 8.54. The minimum Gasteiger partial charge on any atom is -0.390 e. The minimum absolute atomic E-state index is 0.0349. The number of nitrogens with zero attached hydrogens (tertiary/aromatic N) is 3. The molecule has 1 aromatic heterocycles. The van der Waals surface area contributed by atoms with Gasteiger partial charge in [0.25, 0.3) is 0 Å². The van der Waals surface area contributed by atoms with Gasteiger partial charge in [-0.25, -0.2) is 4.98 Å². The average Bonchev–Trinajstić information content (AvgIpc) is 2.96. The zero-order valence-electron chi connectivity index (χ0n) is 12.4. The number of rotatable bonds is 4. The van der Waals surface area contributed by atoms with Crippen LogP contribution in [-0.2, 0) is 9.53 Å². The van der Waals surface area contributed by atoms with Gasteiger partial charge in [-0.05, 0) is 12.1 Å². The third kappa shape index (κ3) is 3.78. The highest BCUT2D eigenvalue weighted by Gasteiger charge is 2.37. The van der Waals surface area contributed by atoms with Crippen LogP contribution in [0.15, 0.2) is 29.4 Å². The molecule has 7 heteroatoms. The third-order valence-electron chi connectivity index (χ3n) is 4.11. The minimum atomic E-state index is -0.470. The van der Waals surface area contributed by atoms with Crippen molar-refractivity contribution in [3.05, 3.63) is 24.4 Å². The van der Waals surface area contributed by atoms with Crippen molar-refractivity contribution in [3.63, 3.8) is 0 Å². The Balaban J connectivity index is 1.51. The van der Waals surface area contributed by atoms with Gasteiger partial charge in [-0.3, -0.25) is 9.69 Å². The van der Waals surface area contributed by atoms with E-state index in [-0.39, 0.29) is 11.9 Å². The van der Waals surface area contributed by atoms with Gasteiger partial charge < -0.3 is 14.7 Å². The van der Waals surface area contributed by atoms with Gasteiger partial charge in [0.15, 0.2) is 0 Å². The SMILES string of the molecule is O=C(CSc1ccccn1)N1C[C@H](O)[C@@H](N2CCOCC2)C1. The molecular weight excluding hydrogens is 302 g/mol. The van der Waals surface area contributed by atoms with Crippen molar-refractivity contribution >= 4 is 17.7 Å². The Labute approximate surface area is 134 Å². The van der Waals surface area contributed by atoms with Crippen LogP contribution < -0.4 is 0 Å². The van der Waals surface area contributed by atoms with Crippen LogP contribution in [0, 0.1) is 0 Å². The highest BCUT2D eigenvalue weighted by molar-refractivity contribution is 7.99. The quantitative estimate of drug-likeness (QED) is 0.792. The van der Waals surface area contributed by atoms with Crippen LogP contribution >= 0.6 is 11.8 Å². The number of carbonyl (C=O) groups excluding carboxylic acids is 1. The van der Waals surface area contributed by atoms with E-state index in [1.54, 1.807) is 11.1 Å². The van der Waals surface area contributed by atoms with E-state index in [0.29, 0.717) is 32.1 Å². The molecule has 0 aromatic carbocycles. The Bertz CT molecular complexity index is 496. The molecule has 3 rings (SSSR count). The maximum Gasteiger partial charge on any atom is 0.233 e. The van der Waals surface area contributed by atoms with Crippen LogP contribution in [0.3, 0.4) is 0 Å². The second kappa shape index (κ2) is 7.41. The van der Waals surface area contributed by atoms with Crippen molar-refractivity contribution in [2.24, 2.45) is 0 Å². The number of carbonyl (C=O) groups is 1. The normalized spacial score (nSPS) is 26.3. The predicted octanol–water partition coefficient (Wildman–Crippen LogP) is 0.0776. The zero-order chi connectivity index (χ0) is 15.4. The molecule has 2 saturated heterocycles. The van der Waals surface area contributed by atoms with Crippen LogP contribution in [0.1, 0.15) is 0 Å². The van der Waals surface area contributed by atoms with Crippen LogP contribution in [0.4, 0.5) is 0 Å². The van der Waals surface area contributed by atoms with Crippen molar-refractivity contribution in [2.75, 3.05) is 45.1 Å². The molecule has 22 heavy (non-hydrogen) atoms. The molecular formula is C15H21N3O3S. The van der Waals surface area contributed by atoms with E-state index in [2.05, 4.69) is 9.88 Å². The average molecular weight is 323 g/mol. The molecule has 0 aliphatic carbocycles. The van der Waals surface area contributed by atoms with Crippen LogP contribution in [0.5, 0.6) is 0 Å². The first-order valence-electron chi connectivity index (χ1n) is 7.55. The molecule has 2 aliphatic heterocycles. The van der Waals surface area contributed by atoms with Gasteiger partial charge in [-0.1, -0.05) is 17.8 Å². The van der Waals surface area contributed by atoms with Gasteiger partial charge in [-0.2, -0.15) is 0 Å².